The minimum absolute atomic E-state index is 0.0200. The third-order valence-electron chi connectivity index (χ3n) is 4.98. The molecule has 0 saturated carbocycles. The molecule has 1 aliphatic heterocycles. The van der Waals surface area contributed by atoms with Gasteiger partial charge in [-0.3, -0.25) is 9.78 Å². The van der Waals surface area contributed by atoms with E-state index in [-0.39, 0.29) is 5.91 Å². The van der Waals surface area contributed by atoms with Crippen molar-refractivity contribution in [1.82, 2.24) is 28.8 Å². The Balaban J connectivity index is 1.20. The summed E-state index contributed by atoms with van der Waals surface area (Å²) in [7, 11) is 0. The average molecular weight is 418 g/mol. The molecule has 1 aromatic carbocycles. The number of amides is 1. The van der Waals surface area contributed by atoms with E-state index in [9.17, 15) is 4.79 Å². The van der Waals surface area contributed by atoms with Gasteiger partial charge in [-0.15, -0.1) is 10.2 Å². The van der Waals surface area contributed by atoms with Crippen molar-refractivity contribution < 1.29 is 4.79 Å². The number of benzene rings is 1. The summed E-state index contributed by atoms with van der Waals surface area (Å²) in [6.07, 6.45) is 3.45. The van der Waals surface area contributed by atoms with E-state index in [4.69, 9.17) is 0 Å². The molecule has 0 atom stereocenters. The summed E-state index contributed by atoms with van der Waals surface area (Å²) in [6, 6.07) is 13.1. The lowest BCUT2D eigenvalue weighted by molar-refractivity contribution is 0.0746. The Labute approximate surface area is 176 Å². The van der Waals surface area contributed by atoms with Crippen LogP contribution in [-0.4, -0.2) is 60.9 Å². The fourth-order valence-electron chi connectivity index (χ4n) is 3.38. The van der Waals surface area contributed by atoms with Crippen LogP contribution in [0.25, 0.3) is 11.0 Å². The molecule has 150 valence electrons. The Kier molecular flexibility index (Phi) is 4.89. The summed E-state index contributed by atoms with van der Waals surface area (Å²) in [6.45, 7) is 2.67. The van der Waals surface area contributed by atoms with E-state index < -0.39 is 0 Å². The lowest BCUT2D eigenvalue weighted by Gasteiger charge is -2.35. The molecule has 1 saturated heterocycles. The van der Waals surface area contributed by atoms with Crippen molar-refractivity contribution in [3.05, 3.63) is 60.4 Å². The van der Waals surface area contributed by atoms with E-state index in [1.54, 1.807) is 12.4 Å². The van der Waals surface area contributed by atoms with E-state index in [0.717, 1.165) is 34.3 Å². The van der Waals surface area contributed by atoms with Crippen molar-refractivity contribution >= 4 is 46.0 Å². The maximum atomic E-state index is 12.8. The van der Waals surface area contributed by atoms with Gasteiger partial charge in [-0.25, -0.2) is 0 Å². The van der Waals surface area contributed by atoms with Crippen LogP contribution in [0.15, 0.2) is 54.9 Å². The predicted octanol–water partition coefficient (Wildman–Crippen LogP) is 2.58. The molecule has 0 bridgehead atoms. The fourth-order valence-corrected chi connectivity index (χ4v) is 3.90. The van der Waals surface area contributed by atoms with E-state index in [2.05, 4.69) is 34.1 Å². The first-order valence-corrected chi connectivity index (χ1v) is 10.3. The minimum atomic E-state index is 0.0200. The van der Waals surface area contributed by atoms with Gasteiger partial charge in [-0.2, -0.15) is 8.75 Å². The van der Waals surface area contributed by atoms with Gasteiger partial charge in [0.05, 0.1) is 23.6 Å². The molecule has 0 spiro atoms. The number of anilines is 3. The molecule has 3 aromatic heterocycles. The molecular formula is C20H18N8OS. The number of nitrogens with one attached hydrogen (secondary N) is 1. The zero-order valence-corrected chi connectivity index (χ0v) is 16.8. The monoisotopic (exact) mass is 418 g/mol. The molecule has 0 aliphatic carbocycles. The number of hydrogen-bond acceptors (Lipinski definition) is 9. The van der Waals surface area contributed by atoms with Gasteiger partial charge < -0.3 is 15.1 Å². The third-order valence-corrected chi connectivity index (χ3v) is 5.53. The number of pyridine rings is 1. The van der Waals surface area contributed by atoms with Crippen molar-refractivity contribution in [3.63, 3.8) is 0 Å². The van der Waals surface area contributed by atoms with E-state index in [0.29, 0.717) is 37.6 Å². The number of aromatic nitrogens is 5. The summed E-state index contributed by atoms with van der Waals surface area (Å²) in [5, 5.41) is 11.8. The van der Waals surface area contributed by atoms with Crippen molar-refractivity contribution in [2.45, 2.75) is 0 Å². The molecule has 1 fully saturated rings. The van der Waals surface area contributed by atoms with Gasteiger partial charge in [0.1, 0.15) is 11.0 Å². The average Bonchev–Trinajstić information content (AvgIpc) is 3.28. The molecule has 1 aliphatic rings. The van der Waals surface area contributed by atoms with Gasteiger partial charge in [0.15, 0.2) is 11.6 Å². The molecule has 10 heteroatoms. The zero-order valence-electron chi connectivity index (χ0n) is 16.0. The Morgan fingerprint density at radius 2 is 1.83 bits per heavy atom. The summed E-state index contributed by atoms with van der Waals surface area (Å²) < 4.78 is 8.40. The smallest absolute Gasteiger partial charge is 0.254 e. The van der Waals surface area contributed by atoms with Gasteiger partial charge in [0.25, 0.3) is 5.91 Å². The molecule has 0 unspecified atom stereocenters. The maximum absolute atomic E-state index is 12.8. The van der Waals surface area contributed by atoms with Gasteiger partial charge >= 0.3 is 0 Å². The van der Waals surface area contributed by atoms with Crippen LogP contribution in [-0.2, 0) is 0 Å². The Morgan fingerprint density at radius 3 is 2.60 bits per heavy atom. The predicted molar refractivity (Wildman–Crippen MR) is 115 cm³/mol. The van der Waals surface area contributed by atoms with Gasteiger partial charge in [-0.1, -0.05) is 0 Å². The molecule has 9 nitrogen and oxygen atoms in total. The van der Waals surface area contributed by atoms with Gasteiger partial charge in [-0.05, 0) is 42.5 Å². The van der Waals surface area contributed by atoms with Crippen LogP contribution in [0.5, 0.6) is 0 Å². The first-order valence-electron chi connectivity index (χ1n) is 9.53. The highest BCUT2D eigenvalue weighted by atomic mass is 32.1. The fraction of sp³-hybridized carbons (Fsp3) is 0.200. The number of fused-ring (bicyclic) bond motifs is 1. The van der Waals surface area contributed by atoms with Crippen molar-refractivity contribution in [2.24, 2.45) is 0 Å². The molecule has 4 aromatic rings. The van der Waals surface area contributed by atoms with Crippen molar-refractivity contribution in [1.29, 1.82) is 0 Å². The maximum Gasteiger partial charge on any atom is 0.254 e. The quantitative estimate of drug-likeness (QED) is 0.540. The van der Waals surface area contributed by atoms with Crippen LogP contribution >= 0.6 is 11.7 Å². The Bertz CT molecular complexity index is 1160. The molecule has 1 amide bonds. The third kappa shape index (κ3) is 3.77. The Hall–Kier alpha value is -3.66. The van der Waals surface area contributed by atoms with Crippen LogP contribution in [0, 0.1) is 0 Å². The van der Waals surface area contributed by atoms with Crippen LogP contribution in [0.1, 0.15) is 10.4 Å². The summed E-state index contributed by atoms with van der Waals surface area (Å²) in [5.41, 5.74) is 3.09. The largest absolute Gasteiger partial charge is 0.352 e. The number of hydrogen-bond donors (Lipinski definition) is 1. The standard InChI is InChI=1S/C20H18N8OS/c29-20(14-3-4-16-17(12-14)26-30-25-16)28-10-8-27(9-11-28)19-6-5-18(23-24-19)22-15-2-1-7-21-13-15/h1-7,12-13H,8-11H2,(H,22,23). The highest BCUT2D eigenvalue weighted by Gasteiger charge is 2.23. The number of carbonyl (C=O) groups excluding carboxylic acids is 1. The Morgan fingerprint density at radius 1 is 0.967 bits per heavy atom. The number of nitrogens with zero attached hydrogens (tertiary/aromatic N) is 7. The van der Waals surface area contributed by atoms with Crippen LogP contribution in [0.2, 0.25) is 0 Å². The summed E-state index contributed by atoms with van der Waals surface area (Å²) in [5.74, 6) is 1.48. The molecular weight excluding hydrogens is 400 g/mol. The van der Waals surface area contributed by atoms with Gasteiger partial charge in [0.2, 0.25) is 0 Å². The lowest BCUT2D eigenvalue weighted by Crippen LogP contribution is -2.49. The first-order chi connectivity index (χ1) is 14.8. The summed E-state index contributed by atoms with van der Waals surface area (Å²) >= 11 is 1.16. The SMILES string of the molecule is O=C(c1ccc2nsnc2c1)N1CCN(c2ccc(Nc3cccnc3)nn2)CC1. The van der Waals surface area contributed by atoms with E-state index >= 15 is 0 Å². The highest BCUT2D eigenvalue weighted by molar-refractivity contribution is 7.00. The van der Waals surface area contributed by atoms with E-state index in [1.165, 1.54) is 0 Å². The molecule has 30 heavy (non-hydrogen) atoms. The second kappa shape index (κ2) is 7.99. The zero-order chi connectivity index (χ0) is 20.3. The lowest BCUT2D eigenvalue weighted by atomic mass is 10.1. The van der Waals surface area contributed by atoms with Crippen LogP contribution in [0.4, 0.5) is 17.3 Å². The molecule has 1 N–H and O–H groups in total. The second-order valence-corrected chi connectivity index (χ2v) is 7.42. The van der Waals surface area contributed by atoms with Crippen LogP contribution < -0.4 is 10.2 Å². The van der Waals surface area contributed by atoms with E-state index in [1.807, 2.05) is 47.4 Å². The number of piperazine rings is 1. The minimum Gasteiger partial charge on any atom is -0.352 e. The molecule has 4 heterocycles. The molecule has 0 radical (unpaired) electrons. The van der Waals surface area contributed by atoms with Crippen LogP contribution in [0.3, 0.4) is 0 Å². The molecule has 5 rings (SSSR count). The topological polar surface area (TPSA) is 100 Å². The number of rotatable bonds is 4. The normalized spacial score (nSPS) is 14.1. The first kappa shape index (κ1) is 18.4. The second-order valence-electron chi connectivity index (χ2n) is 6.89. The summed E-state index contributed by atoms with van der Waals surface area (Å²) in [4.78, 5) is 20.9. The van der Waals surface area contributed by atoms with Crippen molar-refractivity contribution in [2.75, 3.05) is 36.4 Å². The van der Waals surface area contributed by atoms with Crippen molar-refractivity contribution in [3.8, 4) is 0 Å². The highest BCUT2D eigenvalue weighted by Crippen LogP contribution is 2.19. The van der Waals surface area contributed by atoms with Gasteiger partial charge in [0, 0.05) is 37.9 Å². The number of carbonyl (C=O) groups is 1.